The van der Waals surface area contributed by atoms with Crippen molar-refractivity contribution in [1.82, 2.24) is 4.57 Å². The molecule has 0 fully saturated rings. The van der Waals surface area contributed by atoms with Gasteiger partial charge in [-0.2, -0.15) is 0 Å². The average molecular weight is 851 g/mol. The van der Waals surface area contributed by atoms with Crippen LogP contribution >= 0.6 is 22.7 Å². The van der Waals surface area contributed by atoms with Gasteiger partial charge in [-0.15, -0.1) is 22.7 Å². The number of benzene rings is 7. The summed E-state index contributed by atoms with van der Waals surface area (Å²) in [4.78, 5) is 2.60. The van der Waals surface area contributed by atoms with Gasteiger partial charge >= 0.3 is 0 Å². The van der Waals surface area contributed by atoms with Gasteiger partial charge in [0.1, 0.15) is 0 Å². The fourth-order valence-electron chi connectivity index (χ4n) is 11.3. The zero-order chi connectivity index (χ0) is 42.4. The Bertz CT molecular complexity index is 3500. The number of aromatic nitrogens is 1. The van der Waals surface area contributed by atoms with Gasteiger partial charge in [0.15, 0.2) is 0 Å². The lowest BCUT2D eigenvalue weighted by molar-refractivity contribution is 0.517. The second kappa shape index (κ2) is 15.0. The second-order valence-corrected chi connectivity index (χ2v) is 20.0. The molecule has 10 aromatic rings. The molecule has 2 nitrogen and oxygen atoms in total. The molecule has 4 heteroatoms. The summed E-state index contributed by atoms with van der Waals surface area (Å²) in [7, 11) is 0. The molecule has 0 bridgehead atoms. The third-order valence-electron chi connectivity index (χ3n) is 14.3. The lowest BCUT2D eigenvalue weighted by Gasteiger charge is -2.34. The van der Waals surface area contributed by atoms with Crippen LogP contribution in [0, 0.1) is 5.92 Å². The van der Waals surface area contributed by atoms with E-state index in [9.17, 15) is 0 Å². The standard InChI is InChI=1S/C57H44N2S2.C2H6/c1-57(2)48-17-9-6-14-41(48)42-27-25-40(34-49(42)57)58(39-26-31-54-46(33-39)44-16-8-10-18-52(44)60-54)38-23-20-35(21-24-38)36-22-29-50-47(32-36)55-51(59(50)37-12-4-3-5-13-37)30-28-45-43-15-7-11-19-53(43)61-56(45)55;1-2/h3-19,23,25-28,30-35H,20-22,24,29H2,1-2H3;1-2H3. The van der Waals surface area contributed by atoms with Crippen LogP contribution in [-0.4, -0.2) is 4.57 Å². The Balaban J connectivity index is 0.00000208. The number of fused-ring (bicyclic) bond motifs is 13. The van der Waals surface area contributed by atoms with E-state index in [0.29, 0.717) is 5.92 Å². The number of thiophene rings is 2. The Labute approximate surface area is 378 Å². The number of anilines is 2. The molecule has 308 valence electrons. The normalized spacial score (nSPS) is 16.4. The van der Waals surface area contributed by atoms with Crippen LogP contribution in [0.15, 0.2) is 169 Å². The van der Waals surface area contributed by atoms with E-state index < -0.39 is 0 Å². The number of rotatable bonds is 5. The minimum absolute atomic E-state index is 0.0650. The van der Waals surface area contributed by atoms with Crippen LogP contribution < -0.4 is 4.90 Å². The lowest BCUT2D eigenvalue weighted by atomic mass is 9.80. The van der Waals surface area contributed by atoms with Crippen molar-refractivity contribution in [2.45, 2.75) is 65.2 Å². The molecule has 0 radical (unpaired) electrons. The molecule has 13 rings (SSSR count). The van der Waals surface area contributed by atoms with Crippen LogP contribution in [0.2, 0.25) is 0 Å². The molecular formula is C59H50N2S2. The highest BCUT2D eigenvalue weighted by Crippen LogP contribution is 2.52. The van der Waals surface area contributed by atoms with E-state index in [1.807, 2.05) is 36.5 Å². The Kier molecular flexibility index (Phi) is 9.14. The third kappa shape index (κ3) is 5.95. The monoisotopic (exact) mass is 850 g/mol. The molecule has 0 saturated heterocycles. The quantitative estimate of drug-likeness (QED) is 0.167. The smallest absolute Gasteiger partial charge is 0.0552 e. The lowest BCUT2D eigenvalue weighted by Crippen LogP contribution is -2.22. The molecule has 3 aliphatic carbocycles. The largest absolute Gasteiger partial charge is 0.315 e. The summed E-state index contributed by atoms with van der Waals surface area (Å²) in [5.41, 5.74) is 16.5. The van der Waals surface area contributed by atoms with E-state index in [0.717, 1.165) is 32.1 Å². The first-order valence-electron chi connectivity index (χ1n) is 22.9. The van der Waals surface area contributed by atoms with Crippen LogP contribution in [0.3, 0.4) is 0 Å². The topological polar surface area (TPSA) is 8.17 Å². The fourth-order valence-corrected chi connectivity index (χ4v) is 13.6. The van der Waals surface area contributed by atoms with Crippen molar-refractivity contribution >= 4 is 91.4 Å². The molecule has 0 spiro atoms. The Morgan fingerprint density at radius 3 is 2.08 bits per heavy atom. The number of nitrogens with zero attached hydrogens (tertiary/aromatic N) is 2. The molecule has 0 amide bonds. The first kappa shape index (κ1) is 38.5. The maximum Gasteiger partial charge on any atom is 0.0552 e. The molecule has 0 aliphatic heterocycles. The highest BCUT2D eigenvalue weighted by molar-refractivity contribution is 7.26. The van der Waals surface area contributed by atoms with Gasteiger partial charge in [-0.25, -0.2) is 0 Å². The number of para-hydroxylation sites is 1. The molecule has 3 heterocycles. The van der Waals surface area contributed by atoms with E-state index in [1.165, 1.54) is 108 Å². The highest BCUT2D eigenvalue weighted by Gasteiger charge is 2.36. The third-order valence-corrected chi connectivity index (χ3v) is 16.6. The fraction of sp³-hybridized carbons (Fsp3) is 0.186. The van der Waals surface area contributed by atoms with Crippen LogP contribution in [0.4, 0.5) is 11.4 Å². The first-order chi connectivity index (χ1) is 31.0. The maximum atomic E-state index is 2.63. The predicted octanol–water partition coefficient (Wildman–Crippen LogP) is 17.6. The molecule has 3 aliphatic rings. The SMILES string of the molecule is CC.CC1(C)c2ccccc2-c2ccc(N(C3=CCC(C4=Cc5c(n(-c6ccccc6)c6ccc7c8ccccc8sc7c56)CC4)CC3)c3ccc4sc5ccccc5c4c3)cc21. The minimum atomic E-state index is -0.0650. The van der Waals surface area contributed by atoms with E-state index in [4.69, 9.17) is 0 Å². The Morgan fingerprint density at radius 2 is 1.27 bits per heavy atom. The van der Waals surface area contributed by atoms with Crippen molar-refractivity contribution in [2.24, 2.45) is 5.92 Å². The molecule has 1 atom stereocenters. The molecule has 1 unspecified atom stereocenters. The number of hydrogen-bond donors (Lipinski definition) is 0. The zero-order valence-electron chi connectivity index (χ0n) is 36.4. The molecule has 7 aromatic carbocycles. The van der Waals surface area contributed by atoms with Crippen molar-refractivity contribution in [3.63, 3.8) is 0 Å². The van der Waals surface area contributed by atoms with Gasteiger partial charge in [0, 0.05) is 85.2 Å². The zero-order valence-corrected chi connectivity index (χ0v) is 38.0. The first-order valence-corrected chi connectivity index (χ1v) is 24.5. The average Bonchev–Trinajstić information content (AvgIpc) is 4.06. The highest BCUT2D eigenvalue weighted by atomic mass is 32.1. The van der Waals surface area contributed by atoms with Crippen molar-refractivity contribution in [3.8, 4) is 16.8 Å². The summed E-state index contributed by atoms with van der Waals surface area (Å²) in [6.45, 7) is 8.79. The van der Waals surface area contributed by atoms with Crippen LogP contribution in [0.1, 0.15) is 75.8 Å². The second-order valence-electron chi connectivity index (χ2n) is 17.9. The molecule has 0 saturated carbocycles. The molecule has 63 heavy (non-hydrogen) atoms. The van der Waals surface area contributed by atoms with E-state index in [-0.39, 0.29) is 5.41 Å². The molecule has 3 aromatic heterocycles. The number of hydrogen-bond acceptors (Lipinski definition) is 3. The molecule has 0 N–H and O–H groups in total. The van der Waals surface area contributed by atoms with Gasteiger partial charge in [-0.05, 0) is 121 Å². The number of allylic oxidation sites excluding steroid dienone is 3. The van der Waals surface area contributed by atoms with Crippen LogP contribution in [0.25, 0.3) is 74.1 Å². The van der Waals surface area contributed by atoms with Crippen molar-refractivity contribution in [2.75, 3.05) is 4.90 Å². The Hall–Kier alpha value is -6.20. The van der Waals surface area contributed by atoms with Crippen LogP contribution in [0.5, 0.6) is 0 Å². The van der Waals surface area contributed by atoms with Crippen LogP contribution in [-0.2, 0) is 11.8 Å². The predicted molar refractivity (Wildman–Crippen MR) is 275 cm³/mol. The summed E-state index contributed by atoms with van der Waals surface area (Å²) in [5, 5.41) is 6.85. The maximum absolute atomic E-state index is 2.63. The van der Waals surface area contributed by atoms with Crippen molar-refractivity contribution < 1.29 is 0 Å². The summed E-state index contributed by atoms with van der Waals surface area (Å²) in [5.74, 6) is 0.521. The molecular weight excluding hydrogens is 801 g/mol. The van der Waals surface area contributed by atoms with E-state index in [1.54, 1.807) is 5.57 Å². The van der Waals surface area contributed by atoms with Gasteiger partial charge in [0.2, 0.25) is 0 Å². The Morgan fingerprint density at radius 1 is 0.587 bits per heavy atom. The van der Waals surface area contributed by atoms with Gasteiger partial charge in [-0.3, -0.25) is 0 Å². The minimum Gasteiger partial charge on any atom is -0.315 e. The summed E-state index contributed by atoms with van der Waals surface area (Å²) in [6.07, 6.45) is 10.6. The van der Waals surface area contributed by atoms with Crippen molar-refractivity contribution in [1.29, 1.82) is 0 Å². The summed E-state index contributed by atoms with van der Waals surface area (Å²) >= 11 is 3.85. The van der Waals surface area contributed by atoms with Gasteiger partial charge < -0.3 is 9.47 Å². The summed E-state index contributed by atoms with van der Waals surface area (Å²) < 4.78 is 8.03. The van der Waals surface area contributed by atoms with Gasteiger partial charge in [0.25, 0.3) is 0 Å². The van der Waals surface area contributed by atoms with Gasteiger partial charge in [0.05, 0.1) is 5.52 Å². The summed E-state index contributed by atoms with van der Waals surface area (Å²) in [6, 6.07) is 57.0. The van der Waals surface area contributed by atoms with Gasteiger partial charge in [-0.1, -0.05) is 136 Å². The van der Waals surface area contributed by atoms with Crippen molar-refractivity contribution in [3.05, 3.63) is 191 Å². The van der Waals surface area contributed by atoms with E-state index in [2.05, 4.69) is 187 Å². The van der Waals surface area contributed by atoms with E-state index >= 15 is 0 Å².